The standard InChI is InChI=1S/C13H23N3/c1-4-13(5-2,6-3)15-12-14-9-10-16(12)11-7-8-11/h9-11H,4-8H2,1-3H3,(H,14,15). The van der Waals surface area contributed by atoms with Crippen LogP contribution in [0.3, 0.4) is 0 Å². The van der Waals surface area contributed by atoms with Crippen LogP contribution in [0.25, 0.3) is 0 Å². The van der Waals surface area contributed by atoms with Crippen molar-refractivity contribution in [2.24, 2.45) is 0 Å². The zero-order chi connectivity index (χ0) is 11.6. The molecule has 0 unspecified atom stereocenters. The Labute approximate surface area is 98.3 Å². The summed E-state index contributed by atoms with van der Waals surface area (Å²) in [7, 11) is 0. The second-order valence-corrected chi connectivity index (χ2v) is 4.86. The Kier molecular flexibility index (Phi) is 3.22. The first-order valence-electron chi connectivity index (χ1n) is 6.55. The highest BCUT2D eigenvalue weighted by atomic mass is 15.2. The Morgan fingerprint density at radius 2 is 1.94 bits per heavy atom. The maximum atomic E-state index is 4.46. The Morgan fingerprint density at radius 3 is 2.44 bits per heavy atom. The van der Waals surface area contributed by atoms with E-state index in [1.54, 1.807) is 0 Å². The van der Waals surface area contributed by atoms with E-state index < -0.39 is 0 Å². The molecule has 1 aromatic heterocycles. The number of nitrogens with one attached hydrogen (secondary N) is 1. The van der Waals surface area contributed by atoms with Crippen molar-refractivity contribution in [2.45, 2.75) is 64.5 Å². The number of rotatable bonds is 6. The van der Waals surface area contributed by atoms with Gasteiger partial charge in [0, 0.05) is 24.0 Å². The number of imidazole rings is 1. The van der Waals surface area contributed by atoms with E-state index in [4.69, 9.17) is 0 Å². The molecule has 3 nitrogen and oxygen atoms in total. The largest absolute Gasteiger partial charge is 0.350 e. The molecule has 0 bridgehead atoms. The van der Waals surface area contributed by atoms with Crippen molar-refractivity contribution < 1.29 is 0 Å². The van der Waals surface area contributed by atoms with Crippen LogP contribution in [-0.2, 0) is 0 Å². The summed E-state index contributed by atoms with van der Waals surface area (Å²) < 4.78 is 2.30. The molecule has 90 valence electrons. The predicted octanol–water partition coefficient (Wildman–Crippen LogP) is 3.60. The molecule has 0 radical (unpaired) electrons. The summed E-state index contributed by atoms with van der Waals surface area (Å²) in [4.78, 5) is 4.46. The van der Waals surface area contributed by atoms with E-state index in [1.807, 2.05) is 6.20 Å². The van der Waals surface area contributed by atoms with E-state index in [1.165, 1.54) is 12.8 Å². The quantitative estimate of drug-likeness (QED) is 0.795. The fourth-order valence-electron chi connectivity index (χ4n) is 2.31. The molecule has 0 aliphatic heterocycles. The minimum absolute atomic E-state index is 0.220. The Morgan fingerprint density at radius 1 is 1.31 bits per heavy atom. The van der Waals surface area contributed by atoms with Gasteiger partial charge in [-0.1, -0.05) is 20.8 Å². The van der Waals surface area contributed by atoms with Gasteiger partial charge in [-0.3, -0.25) is 0 Å². The van der Waals surface area contributed by atoms with Crippen molar-refractivity contribution >= 4 is 5.95 Å². The van der Waals surface area contributed by atoms with Crippen LogP contribution >= 0.6 is 0 Å². The molecule has 3 heteroatoms. The summed E-state index contributed by atoms with van der Waals surface area (Å²) in [6.45, 7) is 6.76. The van der Waals surface area contributed by atoms with Crippen LogP contribution in [0.15, 0.2) is 12.4 Å². The summed E-state index contributed by atoms with van der Waals surface area (Å²) in [6.07, 6.45) is 10.1. The van der Waals surface area contributed by atoms with Gasteiger partial charge in [-0.05, 0) is 32.1 Å². The highest BCUT2D eigenvalue weighted by Gasteiger charge is 2.29. The van der Waals surface area contributed by atoms with Crippen LogP contribution in [0.4, 0.5) is 5.95 Å². The van der Waals surface area contributed by atoms with Crippen LogP contribution in [-0.4, -0.2) is 15.1 Å². The molecular weight excluding hydrogens is 198 g/mol. The van der Waals surface area contributed by atoms with Crippen LogP contribution in [0.1, 0.15) is 58.9 Å². The first kappa shape index (κ1) is 11.5. The minimum Gasteiger partial charge on any atom is -0.350 e. The Bertz CT molecular complexity index is 326. The molecule has 1 heterocycles. The topological polar surface area (TPSA) is 29.9 Å². The van der Waals surface area contributed by atoms with Crippen LogP contribution < -0.4 is 5.32 Å². The summed E-state index contributed by atoms with van der Waals surface area (Å²) in [5.74, 6) is 1.06. The van der Waals surface area contributed by atoms with Gasteiger partial charge in [0.15, 0.2) is 0 Å². The second kappa shape index (κ2) is 4.48. The predicted molar refractivity (Wildman–Crippen MR) is 67.7 cm³/mol. The van der Waals surface area contributed by atoms with Crippen molar-refractivity contribution in [1.29, 1.82) is 0 Å². The third kappa shape index (κ3) is 2.08. The van der Waals surface area contributed by atoms with Gasteiger partial charge < -0.3 is 9.88 Å². The number of hydrogen-bond donors (Lipinski definition) is 1. The summed E-state index contributed by atoms with van der Waals surface area (Å²) >= 11 is 0. The molecule has 0 spiro atoms. The van der Waals surface area contributed by atoms with Crippen molar-refractivity contribution in [2.75, 3.05) is 5.32 Å². The fourth-order valence-corrected chi connectivity index (χ4v) is 2.31. The van der Waals surface area contributed by atoms with E-state index in [0.29, 0.717) is 6.04 Å². The zero-order valence-corrected chi connectivity index (χ0v) is 10.7. The third-order valence-electron chi connectivity index (χ3n) is 4.02. The summed E-state index contributed by atoms with van der Waals surface area (Å²) in [5, 5.41) is 3.66. The molecule has 0 aromatic carbocycles. The van der Waals surface area contributed by atoms with Crippen molar-refractivity contribution in [3.05, 3.63) is 12.4 Å². The van der Waals surface area contributed by atoms with Gasteiger partial charge in [0.05, 0.1) is 0 Å². The SMILES string of the molecule is CCC(CC)(CC)Nc1nccn1C1CC1. The van der Waals surface area contributed by atoms with Crippen molar-refractivity contribution in [1.82, 2.24) is 9.55 Å². The van der Waals surface area contributed by atoms with Gasteiger partial charge in [-0.2, -0.15) is 0 Å². The Balaban J connectivity index is 2.14. The van der Waals surface area contributed by atoms with E-state index in [2.05, 4.69) is 41.8 Å². The monoisotopic (exact) mass is 221 g/mol. The molecule has 2 rings (SSSR count). The van der Waals surface area contributed by atoms with Gasteiger partial charge in [0.25, 0.3) is 0 Å². The lowest BCUT2D eigenvalue weighted by molar-refractivity contribution is 0.414. The van der Waals surface area contributed by atoms with E-state index in [9.17, 15) is 0 Å². The van der Waals surface area contributed by atoms with Gasteiger partial charge >= 0.3 is 0 Å². The third-order valence-corrected chi connectivity index (χ3v) is 4.02. The highest BCUT2D eigenvalue weighted by molar-refractivity contribution is 5.32. The van der Waals surface area contributed by atoms with E-state index in [-0.39, 0.29) is 5.54 Å². The number of aromatic nitrogens is 2. The molecule has 0 atom stereocenters. The molecular formula is C13H23N3. The molecule has 1 aliphatic rings. The van der Waals surface area contributed by atoms with Crippen LogP contribution in [0, 0.1) is 0 Å². The molecule has 1 saturated carbocycles. The second-order valence-electron chi connectivity index (χ2n) is 4.86. The maximum Gasteiger partial charge on any atom is 0.203 e. The summed E-state index contributed by atoms with van der Waals surface area (Å²) in [6, 6.07) is 0.702. The normalized spacial score (nSPS) is 16.4. The van der Waals surface area contributed by atoms with Crippen molar-refractivity contribution in [3.63, 3.8) is 0 Å². The average molecular weight is 221 g/mol. The van der Waals surface area contributed by atoms with E-state index in [0.717, 1.165) is 25.2 Å². The first-order valence-corrected chi connectivity index (χ1v) is 6.55. The van der Waals surface area contributed by atoms with Crippen LogP contribution in [0.2, 0.25) is 0 Å². The lowest BCUT2D eigenvalue weighted by Crippen LogP contribution is -2.37. The highest BCUT2D eigenvalue weighted by Crippen LogP contribution is 2.37. The zero-order valence-electron chi connectivity index (χ0n) is 10.7. The van der Waals surface area contributed by atoms with Gasteiger partial charge in [-0.15, -0.1) is 0 Å². The van der Waals surface area contributed by atoms with Gasteiger partial charge in [0.2, 0.25) is 5.95 Å². The number of anilines is 1. The number of hydrogen-bond acceptors (Lipinski definition) is 2. The Hall–Kier alpha value is -0.990. The molecule has 0 saturated heterocycles. The molecule has 16 heavy (non-hydrogen) atoms. The molecule has 1 aromatic rings. The smallest absolute Gasteiger partial charge is 0.203 e. The van der Waals surface area contributed by atoms with Crippen molar-refractivity contribution in [3.8, 4) is 0 Å². The lowest BCUT2D eigenvalue weighted by Gasteiger charge is -2.32. The molecule has 0 amide bonds. The van der Waals surface area contributed by atoms with E-state index >= 15 is 0 Å². The van der Waals surface area contributed by atoms with Gasteiger partial charge in [-0.25, -0.2) is 4.98 Å². The average Bonchev–Trinajstić information content (AvgIpc) is 3.07. The molecule has 1 N–H and O–H groups in total. The van der Waals surface area contributed by atoms with Crippen LogP contribution in [0.5, 0.6) is 0 Å². The molecule has 1 fully saturated rings. The number of nitrogens with zero attached hydrogens (tertiary/aromatic N) is 2. The maximum absolute atomic E-state index is 4.46. The van der Waals surface area contributed by atoms with Gasteiger partial charge in [0.1, 0.15) is 0 Å². The minimum atomic E-state index is 0.220. The lowest BCUT2D eigenvalue weighted by atomic mass is 9.90. The summed E-state index contributed by atoms with van der Waals surface area (Å²) in [5.41, 5.74) is 0.220. The molecule has 1 aliphatic carbocycles. The fraction of sp³-hybridized carbons (Fsp3) is 0.769. The first-order chi connectivity index (χ1) is 7.74.